The molecular weight excluding hydrogens is 216 g/mol. The molecule has 2 unspecified atom stereocenters. The Balaban J connectivity index is 2.35. The van der Waals surface area contributed by atoms with Crippen molar-refractivity contribution in [3.63, 3.8) is 0 Å². The van der Waals surface area contributed by atoms with Crippen LogP contribution < -0.4 is 0 Å². The second-order valence-corrected chi connectivity index (χ2v) is 4.35. The molecule has 2 rings (SSSR count). The van der Waals surface area contributed by atoms with Crippen LogP contribution in [0, 0.1) is 5.41 Å². The van der Waals surface area contributed by atoms with Gasteiger partial charge >= 0.3 is 0 Å². The van der Waals surface area contributed by atoms with Crippen molar-refractivity contribution < 1.29 is 15.0 Å². The quantitative estimate of drug-likeness (QED) is 0.766. The molecule has 2 N–H and O–H groups in total. The number of hydrogen-bond donors (Lipinski definition) is 2. The van der Waals surface area contributed by atoms with E-state index in [4.69, 9.17) is 0 Å². The number of aliphatic hydroxyl groups excluding tert-OH is 2. The molecule has 0 fully saturated rings. The summed E-state index contributed by atoms with van der Waals surface area (Å²) in [5.41, 5.74) is -0.471. The van der Waals surface area contributed by atoms with Crippen LogP contribution in [0.3, 0.4) is 0 Å². The molecule has 1 aliphatic rings. The summed E-state index contributed by atoms with van der Waals surface area (Å²) in [7, 11) is 0. The highest BCUT2D eigenvalue weighted by Gasteiger charge is 2.39. The van der Waals surface area contributed by atoms with E-state index in [1.165, 1.54) is 12.2 Å². The predicted octanol–water partition coefficient (Wildman–Crippen LogP) is 2.25. The van der Waals surface area contributed by atoms with Crippen molar-refractivity contribution >= 4 is 5.78 Å². The van der Waals surface area contributed by atoms with Crippen LogP contribution >= 0.6 is 0 Å². The summed E-state index contributed by atoms with van der Waals surface area (Å²) < 4.78 is 0. The average molecular weight is 230 g/mol. The molecule has 88 valence electrons. The summed E-state index contributed by atoms with van der Waals surface area (Å²) in [4.78, 5) is 12.3. The largest absolute Gasteiger partial charge is 0.508 e. The Labute approximate surface area is 99.7 Å². The smallest absolute Gasteiger partial charge is 0.175 e. The number of aliphatic hydroxyl groups is 2. The molecule has 0 saturated heterocycles. The number of hydrogen-bond acceptors (Lipinski definition) is 3. The molecule has 3 heteroatoms. The monoisotopic (exact) mass is 230 g/mol. The number of ketones is 1. The molecule has 0 aromatic heterocycles. The van der Waals surface area contributed by atoms with Crippen molar-refractivity contribution in [1.29, 1.82) is 0 Å². The Kier molecular flexibility index (Phi) is 2.86. The van der Waals surface area contributed by atoms with E-state index in [-0.39, 0.29) is 11.5 Å². The maximum atomic E-state index is 12.3. The lowest BCUT2D eigenvalue weighted by molar-refractivity contribution is 0.0632. The first-order valence-corrected chi connectivity index (χ1v) is 5.42. The molecule has 0 saturated carbocycles. The van der Waals surface area contributed by atoms with Gasteiger partial charge in [-0.05, 0) is 19.1 Å². The highest BCUT2D eigenvalue weighted by molar-refractivity contribution is 6.02. The summed E-state index contributed by atoms with van der Waals surface area (Å²) in [5.74, 6) is -0.179. The minimum absolute atomic E-state index is 0.0177. The van der Waals surface area contributed by atoms with Gasteiger partial charge in [-0.2, -0.15) is 0 Å². The summed E-state index contributed by atoms with van der Waals surface area (Å²) in [5, 5.41) is 19.2. The van der Waals surface area contributed by atoms with Gasteiger partial charge in [-0.25, -0.2) is 0 Å². The van der Waals surface area contributed by atoms with Gasteiger partial charge in [-0.3, -0.25) is 4.79 Å². The van der Waals surface area contributed by atoms with Gasteiger partial charge in [0.1, 0.15) is 5.76 Å². The van der Waals surface area contributed by atoms with Gasteiger partial charge in [0.05, 0.1) is 11.5 Å². The number of rotatable bonds is 2. The summed E-state index contributed by atoms with van der Waals surface area (Å²) in [6.07, 6.45) is 3.25. The van der Waals surface area contributed by atoms with Gasteiger partial charge in [0.15, 0.2) is 5.78 Å². The summed E-state index contributed by atoms with van der Waals surface area (Å²) in [6.45, 7) is 1.66. The molecule has 2 atom stereocenters. The minimum Gasteiger partial charge on any atom is -0.508 e. The van der Waals surface area contributed by atoms with Crippen molar-refractivity contribution in [3.05, 3.63) is 59.9 Å². The maximum absolute atomic E-state index is 12.3. The van der Waals surface area contributed by atoms with E-state index in [0.717, 1.165) is 0 Å². The fourth-order valence-electron chi connectivity index (χ4n) is 1.86. The third-order valence-corrected chi connectivity index (χ3v) is 3.07. The van der Waals surface area contributed by atoms with E-state index in [0.29, 0.717) is 5.56 Å². The molecule has 0 aliphatic heterocycles. The molecule has 0 spiro atoms. The van der Waals surface area contributed by atoms with Crippen molar-refractivity contribution in [2.45, 2.75) is 13.0 Å². The summed E-state index contributed by atoms with van der Waals surface area (Å²) in [6, 6.07) is 8.82. The molecule has 17 heavy (non-hydrogen) atoms. The average Bonchev–Trinajstić information content (AvgIpc) is 2.34. The zero-order chi connectivity index (χ0) is 12.5. The Morgan fingerprint density at radius 2 is 1.94 bits per heavy atom. The molecule has 0 bridgehead atoms. The number of allylic oxidation sites excluding steroid dienone is 1. The molecule has 3 nitrogen and oxygen atoms in total. The van der Waals surface area contributed by atoms with Gasteiger partial charge < -0.3 is 10.2 Å². The van der Waals surface area contributed by atoms with Crippen molar-refractivity contribution in [2.75, 3.05) is 0 Å². The van der Waals surface area contributed by atoms with Crippen LogP contribution in [0.15, 0.2) is 54.3 Å². The lowest BCUT2D eigenvalue weighted by Gasteiger charge is -2.30. The fourth-order valence-corrected chi connectivity index (χ4v) is 1.86. The van der Waals surface area contributed by atoms with E-state index < -0.39 is 11.5 Å². The fraction of sp³-hybridized carbons (Fsp3) is 0.214. The molecule has 0 heterocycles. The van der Waals surface area contributed by atoms with Crippen LogP contribution in [-0.2, 0) is 0 Å². The third-order valence-electron chi connectivity index (χ3n) is 3.07. The topological polar surface area (TPSA) is 57.5 Å². The van der Waals surface area contributed by atoms with Crippen molar-refractivity contribution in [2.24, 2.45) is 5.41 Å². The van der Waals surface area contributed by atoms with Gasteiger partial charge in [0.2, 0.25) is 0 Å². The first-order chi connectivity index (χ1) is 8.04. The van der Waals surface area contributed by atoms with Gasteiger partial charge in [0, 0.05) is 5.56 Å². The van der Waals surface area contributed by atoms with Gasteiger partial charge in [0.25, 0.3) is 0 Å². The summed E-state index contributed by atoms with van der Waals surface area (Å²) >= 11 is 0. The number of Topliss-reactive ketones (excluding diaryl/α,β-unsaturated/α-hetero) is 1. The first-order valence-electron chi connectivity index (χ1n) is 5.42. The highest BCUT2D eigenvalue weighted by atomic mass is 16.3. The SMILES string of the molecule is CC1(C(=O)c2ccccc2)C=CC(O)=CC1O. The molecular formula is C14H14O3. The lowest BCUT2D eigenvalue weighted by Crippen LogP contribution is -2.38. The molecule has 1 aliphatic carbocycles. The van der Waals surface area contributed by atoms with Crippen molar-refractivity contribution in [3.8, 4) is 0 Å². The van der Waals surface area contributed by atoms with Gasteiger partial charge in [-0.1, -0.05) is 36.4 Å². The third kappa shape index (κ3) is 2.01. The van der Waals surface area contributed by atoms with E-state index in [1.807, 2.05) is 6.07 Å². The predicted molar refractivity (Wildman–Crippen MR) is 64.7 cm³/mol. The number of carbonyl (C=O) groups is 1. The zero-order valence-electron chi connectivity index (χ0n) is 9.50. The number of carbonyl (C=O) groups excluding carboxylic acids is 1. The van der Waals surface area contributed by atoms with Crippen LogP contribution in [0.25, 0.3) is 0 Å². The Bertz CT molecular complexity index is 487. The van der Waals surface area contributed by atoms with Crippen LogP contribution in [0.5, 0.6) is 0 Å². The Hall–Kier alpha value is -1.87. The van der Waals surface area contributed by atoms with E-state index in [9.17, 15) is 15.0 Å². The first kappa shape index (κ1) is 11.6. The maximum Gasteiger partial charge on any atom is 0.175 e. The second kappa shape index (κ2) is 4.18. The normalized spacial score (nSPS) is 27.6. The Morgan fingerprint density at radius 1 is 1.29 bits per heavy atom. The van der Waals surface area contributed by atoms with Crippen LogP contribution in [0.1, 0.15) is 17.3 Å². The van der Waals surface area contributed by atoms with E-state index >= 15 is 0 Å². The molecule has 0 radical (unpaired) electrons. The zero-order valence-corrected chi connectivity index (χ0v) is 9.50. The second-order valence-electron chi connectivity index (χ2n) is 4.35. The van der Waals surface area contributed by atoms with E-state index in [1.54, 1.807) is 37.3 Å². The molecule has 1 aromatic carbocycles. The van der Waals surface area contributed by atoms with Gasteiger partial charge in [-0.15, -0.1) is 0 Å². The van der Waals surface area contributed by atoms with E-state index in [2.05, 4.69) is 0 Å². The molecule has 0 amide bonds. The number of benzene rings is 1. The minimum atomic E-state index is -1.02. The standard InChI is InChI=1S/C14H14O3/c1-14(8-7-11(15)9-12(14)16)13(17)10-5-3-2-4-6-10/h2-9,12,15-16H,1H3. The highest BCUT2D eigenvalue weighted by Crippen LogP contribution is 2.33. The van der Waals surface area contributed by atoms with Crippen LogP contribution in [-0.4, -0.2) is 22.1 Å². The van der Waals surface area contributed by atoms with Crippen LogP contribution in [0.2, 0.25) is 0 Å². The van der Waals surface area contributed by atoms with Crippen LogP contribution in [0.4, 0.5) is 0 Å². The van der Waals surface area contributed by atoms with Crippen molar-refractivity contribution in [1.82, 2.24) is 0 Å². The molecule has 1 aromatic rings. The lowest BCUT2D eigenvalue weighted by atomic mass is 9.75. The Morgan fingerprint density at radius 3 is 2.53 bits per heavy atom.